The van der Waals surface area contributed by atoms with E-state index in [2.05, 4.69) is 30.8 Å². The molecule has 0 spiro atoms. The highest BCUT2D eigenvalue weighted by Crippen LogP contribution is 2.34. The van der Waals surface area contributed by atoms with Gasteiger partial charge in [0.15, 0.2) is 11.5 Å². The van der Waals surface area contributed by atoms with Crippen molar-refractivity contribution in [1.82, 2.24) is 14.4 Å². The molecule has 2 aromatic rings. The van der Waals surface area contributed by atoms with Gasteiger partial charge >= 0.3 is 0 Å². The maximum absolute atomic E-state index is 5.87. The number of hydrogen-bond donors (Lipinski definition) is 0. The van der Waals surface area contributed by atoms with Crippen molar-refractivity contribution in [2.24, 2.45) is 0 Å². The molecule has 0 amide bonds. The molecule has 0 aromatic carbocycles. The largest absolute Gasteiger partial charge is 0.374 e. The first-order valence-corrected chi connectivity index (χ1v) is 7.50. The van der Waals surface area contributed by atoms with Crippen LogP contribution in [0.2, 0.25) is 0 Å². The first kappa shape index (κ1) is 11.7. The average Bonchev–Trinajstić information content (AvgIpc) is 3.04. The van der Waals surface area contributed by atoms with Crippen LogP contribution >= 0.6 is 15.9 Å². The van der Waals surface area contributed by atoms with Crippen molar-refractivity contribution in [3.05, 3.63) is 23.2 Å². The molecule has 5 nitrogen and oxygen atoms in total. The Hall–Kier alpha value is -1.14. The number of fused-ring (bicyclic) bond motifs is 2. The molecule has 1 aliphatic carbocycles. The summed E-state index contributed by atoms with van der Waals surface area (Å²) < 4.78 is 8.73. The van der Waals surface area contributed by atoms with E-state index in [9.17, 15) is 0 Å². The number of hydrogen-bond acceptors (Lipinski definition) is 4. The van der Waals surface area contributed by atoms with Crippen LogP contribution < -0.4 is 4.90 Å². The molecule has 0 N–H and O–H groups in total. The highest BCUT2D eigenvalue weighted by atomic mass is 79.9. The molecule has 1 saturated heterocycles. The topological polar surface area (TPSA) is 42.7 Å². The molecule has 2 aliphatic rings. The molecular formula is C13H15BrN4O. The number of morpholine rings is 1. The maximum atomic E-state index is 5.87. The highest BCUT2D eigenvalue weighted by molar-refractivity contribution is 9.10. The zero-order chi connectivity index (χ0) is 12.8. The summed E-state index contributed by atoms with van der Waals surface area (Å²) in [6.45, 7) is 1.68. The number of rotatable bonds is 1. The fourth-order valence-electron chi connectivity index (χ4n) is 3.27. The van der Waals surface area contributed by atoms with E-state index in [4.69, 9.17) is 4.74 Å². The summed E-state index contributed by atoms with van der Waals surface area (Å²) in [5.41, 5.74) is 0.927. The van der Waals surface area contributed by atoms with Gasteiger partial charge < -0.3 is 14.0 Å². The van der Waals surface area contributed by atoms with E-state index < -0.39 is 0 Å². The molecule has 4 rings (SSSR count). The van der Waals surface area contributed by atoms with Crippen LogP contribution in [0.5, 0.6) is 0 Å². The minimum atomic E-state index is 0.365. The van der Waals surface area contributed by atoms with Crippen molar-refractivity contribution in [3.63, 3.8) is 0 Å². The van der Waals surface area contributed by atoms with E-state index in [1.165, 1.54) is 19.3 Å². The number of imidazole rings is 1. The Kier molecular flexibility index (Phi) is 2.73. The van der Waals surface area contributed by atoms with Crippen LogP contribution in [0.15, 0.2) is 23.2 Å². The number of anilines is 1. The molecule has 0 bridgehead atoms. The minimum Gasteiger partial charge on any atom is -0.374 e. The third-order valence-electron chi connectivity index (χ3n) is 4.08. The maximum Gasteiger partial charge on any atom is 0.180 e. The number of ether oxygens (including phenoxy) is 1. The monoisotopic (exact) mass is 322 g/mol. The summed E-state index contributed by atoms with van der Waals surface area (Å²) in [7, 11) is 0. The summed E-state index contributed by atoms with van der Waals surface area (Å²) in [6.07, 6.45) is 9.68. The lowest BCUT2D eigenvalue weighted by Gasteiger charge is -2.38. The Balaban J connectivity index is 1.82. The third-order valence-corrected chi connectivity index (χ3v) is 4.46. The van der Waals surface area contributed by atoms with Crippen LogP contribution in [-0.2, 0) is 4.74 Å². The molecule has 2 fully saturated rings. The smallest absolute Gasteiger partial charge is 0.180 e. The summed E-state index contributed by atoms with van der Waals surface area (Å²) in [6, 6.07) is 0.455. The number of halogens is 1. The summed E-state index contributed by atoms with van der Waals surface area (Å²) in [5.74, 6) is 0.972. The summed E-state index contributed by atoms with van der Waals surface area (Å²) in [4.78, 5) is 11.5. The van der Waals surface area contributed by atoms with Crippen molar-refractivity contribution in [2.45, 2.75) is 31.4 Å². The lowest BCUT2D eigenvalue weighted by molar-refractivity contribution is 0.0254. The molecule has 3 heterocycles. The molecule has 100 valence electrons. The van der Waals surface area contributed by atoms with Gasteiger partial charge in [-0.3, -0.25) is 0 Å². The van der Waals surface area contributed by atoms with Gasteiger partial charge in [-0.15, -0.1) is 0 Å². The van der Waals surface area contributed by atoms with Crippen LogP contribution in [0.4, 0.5) is 5.82 Å². The predicted molar refractivity (Wildman–Crippen MR) is 75.4 cm³/mol. The van der Waals surface area contributed by atoms with Crippen molar-refractivity contribution in [2.75, 3.05) is 18.1 Å². The fraction of sp³-hybridized carbons (Fsp3) is 0.538. The normalized spacial score (nSPS) is 26.9. The Bertz CT molecular complexity index is 614. The molecule has 2 atom stereocenters. The van der Waals surface area contributed by atoms with Gasteiger partial charge in [0.1, 0.15) is 4.60 Å². The fourth-order valence-corrected chi connectivity index (χ4v) is 3.66. The lowest BCUT2D eigenvalue weighted by Crippen LogP contribution is -2.49. The minimum absolute atomic E-state index is 0.365. The Morgan fingerprint density at radius 2 is 2.32 bits per heavy atom. The van der Waals surface area contributed by atoms with Crippen LogP contribution in [0.1, 0.15) is 19.3 Å². The second kappa shape index (κ2) is 4.45. The van der Waals surface area contributed by atoms with Gasteiger partial charge in [0, 0.05) is 25.1 Å². The molecule has 0 radical (unpaired) electrons. The van der Waals surface area contributed by atoms with Crippen molar-refractivity contribution in [3.8, 4) is 0 Å². The zero-order valence-electron chi connectivity index (χ0n) is 10.5. The summed E-state index contributed by atoms with van der Waals surface area (Å²) >= 11 is 3.49. The van der Waals surface area contributed by atoms with Crippen LogP contribution in [-0.4, -0.2) is 39.7 Å². The van der Waals surface area contributed by atoms with Crippen molar-refractivity contribution < 1.29 is 4.74 Å². The second-order valence-corrected chi connectivity index (χ2v) is 5.96. The van der Waals surface area contributed by atoms with Gasteiger partial charge in [-0.25, -0.2) is 9.97 Å². The van der Waals surface area contributed by atoms with E-state index >= 15 is 0 Å². The van der Waals surface area contributed by atoms with Gasteiger partial charge in [0.2, 0.25) is 0 Å². The Morgan fingerprint density at radius 3 is 3.26 bits per heavy atom. The van der Waals surface area contributed by atoms with E-state index in [1.54, 1.807) is 0 Å². The Morgan fingerprint density at radius 1 is 1.37 bits per heavy atom. The second-order valence-electron chi connectivity index (χ2n) is 5.15. The van der Waals surface area contributed by atoms with Crippen LogP contribution in [0, 0.1) is 0 Å². The van der Waals surface area contributed by atoms with Gasteiger partial charge in [0.05, 0.1) is 18.8 Å². The first-order valence-electron chi connectivity index (χ1n) is 6.70. The van der Waals surface area contributed by atoms with Crippen LogP contribution in [0.25, 0.3) is 5.65 Å². The molecule has 6 heteroatoms. The van der Waals surface area contributed by atoms with Gasteiger partial charge in [-0.2, -0.15) is 0 Å². The van der Waals surface area contributed by atoms with Gasteiger partial charge in [0.25, 0.3) is 0 Å². The third kappa shape index (κ3) is 1.85. The molecule has 1 aliphatic heterocycles. The number of nitrogens with zero attached hydrogens (tertiary/aromatic N) is 4. The van der Waals surface area contributed by atoms with E-state index in [-0.39, 0.29) is 0 Å². The Labute approximate surface area is 119 Å². The van der Waals surface area contributed by atoms with Gasteiger partial charge in [-0.05, 0) is 35.2 Å². The van der Waals surface area contributed by atoms with Crippen LogP contribution in [0.3, 0.4) is 0 Å². The van der Waals surface area contributed by atoms with E-state index in [0.717, 1.165) is 29.2 Å². The number of aromatic nitrogens is 3. The molecule has 1 saturated carbocycles. The standard InChI is InChI=1S/C13H15BrN4O/c14-11-8-17-5-4-15-12(17)13(16-11)18-6-7-19-10-3-1-2-9(10)18/h4-5,8-10H,1-3,6-7H2. The molecule has 19 heavy (non-hydrogen) atoms. The van der Waals surface area contributed by atoms with Gasteiger partial charge in [-0.1, -0.05) is 0 Å². The van der Waals surface area contributed by atoms with Crippen molar-refractivity contribution in [1.29, 1.82) is 0 Å². The predicted octanol–water partition coefficient (Wildman–Crippen LogP) is 2.25. The zero-order valence-corrected chi connectivity index (χ0v) is 12.1. The quantitative estimate of drug-likeness (QED) is 0.807. The average molecular weight is 323 g/mol. The van der Waals surface area contributed by atoms with E-state index in [1.807, 2.05) is 23.0 Å². The molecular weight excluding hydrogens is 308 g/mol. The highest BCUT2D eigenvalue weighted by Gasteiger charge is 2.37. The van der Waals surface area contributed by atoms with E-state index in [0.29, 0.717) is 12.1 Å². The van der Waals surface area contributed by atoms with Crippen molar-refractivity contribution >= 4 is 27.4 Å². The SMILES string of the molecule is Brc1cn2ccnc2c(N2CCOC3CCCC32)n1. The molecule has 2 aromatic heterocycles. The summed E-state index contributed by atoms with van der Waals surface area (Å²) in [5, 5.41) is 0. The molecule has 2 unspecified atom stereocenters. The first-order chi connectivity index (χ1) is 9.33. The lowest BCUT2D eigenvalue weighted by atomic mass is 10.1.